The Hall–Kier alpha value is -3.00. The predicted octanol–water partition coefficient (Wildman–Crippen LogP) is 2.83. The summed E-state index contributed by atoms with van der Waals surface area (Å²) in [4.78, 5) is 12.3. The predicted molar refractivity (Wildman–Crippen MR) is 78.5 cm³/mol. The molecule has 0 aliphatic heterocycles. The molecule has 0 aromatic heterocycles. The van der Waals surface area contributed by atoms with E-state index in [1.165, 1.54) is 13.2 Å². The van der Waals surface area contributed by atoms with E-state index >= 15 is 0 Å². The molecule has 1 amide bonds. The maximum Gasteiger partial charge on any atom is 0.256 e. The highest BCUT2D eigenvalue weighted by Crippen LogP contribution is 2.27. The van der Waals surface area contributed by atoms with Gasteiger partial charge in [0.25, 0.3) is 5.91 Å². The molecule has 0 fully saturated rings. The molecule has 0 saturated carbocycles. The van der Waals surface area contributed by atoms with Crippen LogP contribution in [0.4, 0.5) is 5.69 Å². The number of carbonyl (C=O) groups is 1. The van der Waals surface area contributed by atoms with Crippen molar-refractivity contribution < 1.29 is 14.6 Å². The fourth-order valence-electron chi connectivity index (χ4n) is 1.92. The highest BCUT2D eigenvalue weighted by Gasteiger charge is 2.14. The molecule has 2 aromatic rings. The van der Waals surface area contributed by atoms with Gasteiger partial charge in [-0.15, -0.1) is 0 Å². The number of carbonyl (C=O) groups excluding carboxylic acids is 1. The number of anilines is 1. The third-order valence-electron chi connectivity index (χ3n) is 3.13. The smallest absolute Gasteiger partial charge is 0.256 e. The molecule has 2 N–H and O–H groups in total. The standard InChI is InChI=1S/C16H14N2O3/c1-10-12(4-3-5-14(10)19)16(20)18-13-7-6-11(9-17)8-15(13)21-2/h3-8,19H,1-2H3,(H,18,20). The largest absolute Gasteiger partial charge is 0.508 e. The first-order valence-electron chi connectivity index (χ1n) is 6.25. The molecule has 0 aliphatic rings. The van der Waals surface area contributed by atoms with Gasteiger partial charge in [0, 0.05) is 17.2 Å². The second-order valence-corrected chi connectivity index (χ2v) is 4.43. The second-order valence-electron chi connectivity index (χ2n) is 4.43. The number of nitrogens with zero attached hydrogens (tertiary/aromatic N) is 1. The maximum absolute atomic E-state index is 12.3. The van der Waals surface area contributed by atoms with Crippen molar-refractivity contribution in [3.8, 4) is 17.6 Å². The van der Waals surface area contributed by atoms with E-state index in [9.17, 15) is 9.90 Å². The maximum atomic E-state index is 12.3. The van der Waals surface area contributed by atoms with E-state index in [0.29, 0.717) is 28.1 Å². The van der Waals surface area contributed by atoms with E-state index in [2.05, 4.69) is 5.32 Å². The minimum Gasteiger partial charge on any atom is -0.508 e. The monoisotopic (exact) mass is 282 g/mol. The Labute approximate surface area is 122 Å². The summed E-state index contributed by atoms with van der Waals surface area (Å²) in [7, 11) is 1.46. The zero-order chi connectivity index (χ0) is 15.4. The third kappa shape index (κ3) is 2.95. The average Bonchev–Trinajstić information content (AvgIpc) is 2.50. The normalized spacial score (nSPS) is 9.76. The number of nitrogens with one attached hydrogen (secondary N) is 1. The molecule has 2 rings (SSSR count). The lowest BCUT2D eigenvalue weighted by Crippen LogP contribution is -2.14. The van der Waals surface area contributed by atoms with E-state index in [1.54, 1.807) is 37.3 Å². The number of nitriles is 1. The number of amides is 1. The van der Waals surface area contributed by atoms with Crippen molar-refractivity contribution >= 4 is 11.6 Å². The molecule has 0 bridgehead atoms. The van der Waals surface area contributed by atoms with Crippen molar-refractivity contribution in [1.82, 2.24) is 0 Å². The Morgan fingerprint density at radius 1 is 1.33 bits per heavy atom. The van der Waals surface area contributed by atoms with Crippen LogP contribution in [0.1, 0.15) is 21.5 Å². The van der Waals surface area contributed by atoms with Gasteiger partial charge in [0.05, 0.1) is 24.4 Å². The number of hydrogen-bond donors (Lipinski definition) is 2. The number of aromatic hydroxyl groups is 1. The average molecular weight is 282 g/mol. The van der Waals surface area contributed by atoms with Gasteiger partial charge in [-0.2, -0.15) is 5.26 Å². The fraction of sp³-hybridized carbons (Fsp3) is 0.125. The quantitative estimate of drug-likeness (QED) is 0.906. The third-order valence-corrected chi connectivity index (χ3v) is 3.13. The van der Waals surface area contributed by atoms with Crippen molar-refractivity contribution in [3.05, 3.63) is 53.1 Å². The van der Waals surface area contributed by atoms with E-state index in [1.807, 2.05) is 6.07 Å². The highest BCUT2D eigenvalue weighted by molar-refractivity contribution is 6.06. The Balaban J connectivity index is 2.32. The van der Waals surface area contributed by atoms with Crippen LogP contribution in [0.15, 0.2) is 36.4 Å². The van der Waals surface area contributed by atoms with Crippen LogP contribution in [0.2, 0.25) is 0 Å². The van der Waals surface area contributed by atoms with Crippen LogP contribution < -0.4 is 10.1 Å². The summed E-state index contributed by atoms with van der Waals surface area (Å²) in [6, 6.07) is 11.5. The van der Waals surface area contributed by atoms with Crippen LogP contribution in [-0.2, 0) is 0 Å². The number of benzene rings is 2. The van der Waals surface area contributed by atoms with E-state index in [4.69, 9.17) is 10.00 Å². The Morgan fingerprint density at radius 2 is 2.10 bits per heavy atom. The summed E-state index contributed by atoms with van der Waals surface area (Å²) in [5, 5.41) is 21.2. The number of hydrogen-bond acceptors (Lipinski definition) is 4. The lowest BCUT2D eigenvalue weighted by Gasteiger charge is -2.12. The van der Waals surface area contributed by atoms with Gasteiger partial charge in [0.15, 0.2) is 0 Å². The number of rotatable bonds is 3. The van der Waals surface area contributed by atoms with Crippen molar-refractivity contribution in [2.24, 2.45) is 0 Å². The minimum atomic E-state index is -0.355. The Bertz CT molecular complexity index is 733. The van der Waals surface area contributed by atoms with Gasteiger partial charge < -0.3 is 15.2 Å². The summed E-state index contributed by atoms with van der Waals surface area (Å²) in [6.45, 7) is 1.67. The molecule has 5 nitrogen and oxygen atoms in total. The molecule has 2 aromatic carbocycles. The summed E-state index contributed by atoms with van der Waals surface area (Å²) in [5.74, 6) is 0.112. The van der Waals surface area contributed by atoms with Gasteiger partial charge in [-0.1, -0.05) is 6.07 Å². The van der Waals surface area contributed by atoms with Crippen molar-refractivity contribution in [3.63, 3.8) is 0 Å². The van der Waals surface area contributed by atoms with Gasteiger partial charge in [-0.05, 0) is 31.2 Å². The molecule has 0 spiro atoms. The van der Waals surface area contributed by atoms with Crippen LogP contribution in [0.25, 0.3) is 0 Å². The molecule has 21 heavy (non-hydrogen) atoms. The summed E-state index contributed by atoms with van der Waals surface area (Å²) in [6.07, 6.45) is 0. The van der Waals surface area contributed by atoms with Gasteiger partial charge in [-0.3, -0.25) is 4.79 Å². The Kier molecular flexibility index (Phi) is 4.10. The topological polar surface area (TPSA) is 82.3 Å². The second kappa shape index (κ2) is 5.97. The number of phenols is 1. The van der Waals surface area contributed by atoms with Crippen LogP contribution in [0.3, 0.4) is 0 Å². The first-order chi connectivity index (χ1) is 10.1. The molecule has 0 heterocycles. The van der Waals surface area contributed by atoms with Gasteiger partial charge in [0.2, 0.25) is 0 Å². The molecule has 0 unspecified atom stereocenters. The number of methoxy groups -OCH3 is 1. The first-order valence-corrected chi connectivity index (χ1v) is 6.25. The van der Waals surface area contributed by atoms with Gasteiger partial charge in [-0.25, -0.2) is 0 Å². The summed E-state index contributed by atoms with van der Waals surface area (Å²) >= 11 is 0. The molecular formula is C16H14N2O3. The summed E-state index contributed by atoms with van der Waals surface area (Å²) in [5.41, 5.74) is 1.78. The van der Waals surface area contributed by atoms with Crippen LogP contribution in [0, 0.1) is 18.3 Å². The lowest BCUT2D eigenvalue weighted by molar-refractivity contribution is 0.102. The van der Waals surface area contributed by atoms with Crippen LogP contribution in [0.5, 0.6) is 11.5 Å². The Morgan fingerprint density at radius 3 is 2.76 bits per heavy atom. The highest BCUT2D eigenvalue weighted by atomic mass is 16.5. The molecule has 0 aliphatic carbocycles. The van der Waals surface area contributed by atoms with E-state index in [0.717, 1.165) is 0 Å². The van der Waals surface area contributed by atoms with Gasteiger partial charge in [0.1, 0.15) is 11.5 Å². The van der Waals surface area contributed by atoms with E-state index in [-0.39, 0.29) is 11.7 Å². The van der Waals surface area contributed by atoms with Crippen LogP contribution in [-0.4, -0.2) is 18.1 Å². The first kappa shape index (κ1) is 14.4. The molecule has 0 saturated heterocycles. The fourth-order valence-corrected chi connectivity index (χ4v) is 1.92. The number of phenolic OH excluding ortho intramolecular Hbond substituents is 1. The van der Waals surface area contributed by atoms with Crippen molar-refractivity contribution in [2.45, 2.75) is 6.92 Å². The zero-order valence-corrected chi connectivity index (χ0v) is 11.7. The molecule has 5 heteroatoms. The minimum absolute atomic E-state index is 0.0643. The van der Waals surface area contributed by atoms with Crippen molar-refractivity contribution in [2.75, 3.05) is 12.4 Å². The number of ether oxygens (including phenoxy) is 1. The van der Waals surface area contributed by atoms with Gasteiger partial charge >= 0.3 is 0 Å². The molecular weight excluding hydrogens is 268 g/mol. The van der Waals surface area contributed by atoms with Crippen molar-refractivity contribution in [1.29, 1.82) is 5.26 Å². The molecule has 106 valence electrons. The lowest BCUT2D eigenvalue weighted by atomic mass is 10.1. The summed E-state index contributed by atoms with van der Waals surface area (Å²) < 4.78 is 5.16. The zero-order valence-electron chi connectivity index (χ0n) is 11.7. The SMILES string of the molecule is COc1cc(C#N)ccc1NC(=O)c1cccc(O)c1C. The van der Waals surface area contributed by atoms with E-state index < -0.39 is 0 Å². The molecule has 0 atom stereocenters. The van der Waals surface area contributed by atoms with Crippen LogP contribution >= 0.6 is 0 Å². The molecule has 0 radical (unpaired) electrons.